The Morgan fingerprint density at radius 3 is 2.44 bits per heavy atom. The normalized spacial score (nSPS) is 11.2. The van der Waals surface area contributed by atoms with Gasteiger partial charge in [-0.25, -0.2) is 0 Å². The predicted octanol–water partition coefficient (Wildman–Crippen LogP) is 3.81. The summed E-state index contributed by atoms with van der Waals surface area (Å²) in [6, 6.07) is 17.0. The smallest absolute Gasteiger partial charge is 0.127 e. The summed E-state index contributed by atoms with van der Waals surface area (Å²) in [6.07, 6.45) is 1.62. The fourth-order valence-electron chi connectivity index (χ4n) is 1.43. The van der Waals surface area contributed by atoms with Crippen LogP contribution >= 0.6 is 0 Å². The van der Waals surface area contributed by atoms with Crippen LogP contribution in [0.4, 0.5) is 5.69 Å². The molecule has 0 amide bonds. The van der Waals surface area contributed by atoms with Gasteiger partial charge in [0.1, 0.15) is 5.75 Å². The molecule has 0 N–H and O–H groups in total. The summed E-state index contributed by atoms with van der Waals surface area (Å²) < 4.78 is 5.20. The summed E-state index contributed by atoms with van der Waals surface area (Å²) in [5.74, 6) is 0.760. The van der Waals surface area contributed by atoms with E-state index in [0.717, 1.165) is 17.0 Å². The topological polar surface area (TPSA) is 46.3 Å². The van der Waals surface area contributed by atoms with Crippen molar-refractivity contribution in [2.45, 2.75) is 0 Å². The van der Waals surface area contributed by atoms with E-state index in [9.17, 15) is 0 Å². The first-order chi connectivity index (χ1) is 8.90. The Kier molecular flexibility index (Phi) is 4.19. The molecular weight excluding hydrogens is 226 g/mol. The maximum atomic E-state index is 5.20. The molecule has 0 heterocycles. The van der Waals surface area contributed by atoms with Crippen molar-refractivity contribution in [2.24, 2.45) is 15.4 Å². The molecule has 0 aliphatic rings. The van der Waals surface area contributed by atoms with Gasteiger partial charge in [0.15, 0.2) is 0 Å². The molecule has 0 spiro atoms. The van der Waals surface area contributed by atoms with Crippen LogP contribution in [0.5, 0.6) is 5.75 Å². The van der Waals surface area contributed by atoms with Crippen LogP contribution in [0.15, 0.2) is 70.0 Å². The van der Waals surface area contributed by atoms with Crippen molar-refractivity contribution in [2.75, 3.05) is 7.11 Å². The first-order valence-corrected chi connectivity index (χ1v) is 5.52. The van der Waals surface area contributed by atoms with Gasteiger partial charge in [-0.3, -0.25) is 0 Å². The number of hydrogen-bond acceptors (Lipinski definition) is 3. The number of methoxy groups -OCH3 is 1. The van der Waals surface area contributed by atoms with E-state index in [1.165, 1.54) is 0 Å². The average Bonchev–Trinajstić information content (AvgIpc) is 2.45. The Balaban J connectivity index is 2.06. The van der Waals surface area contributed by atoms with Crippen molar-refractivity contribution in [1.82, 2.24) is 0 Å². The molecule has 0 saturated carbocycles. The molecule has 2 aromatic rings. The van der Waals surface area contributed by atoms with Gasteiger partial charge in [0, 0.05) is 5.56 Å². The van der Waals surface area contributed by atoms with E-state index in [0.29, 0.717) is 0 Å². The monoisotopic (exact) mass is 239 g/mol. The fourth-order valence-corrected chi connectivity index (χ4v) is 1.43. The number of benzene rings is 2. The standard InChI is InChI=1S/C14H13N3O/c1-18-14-10-6-5-7-12(14)11-15-17-16-13-8-3-2-4-9-13/h2-11H,1H3/b15-11+,17-16?. The molecular formula is C14H13N3O. The maximum absolute atomic E-state index is 5.20. The highest BCUT2D eigenvalue weighted by molar-refractivity contribution is 5.83. The molecule has 0 aromatic heterocycles. The zero-order valence-electron chi connectivity index (χ0n) is 10.0. The molecule has 4 nitrogen and oxygen atoms in total. The maximum Gasteiger partial charge on any atom is 0.127 e. The van der Waals surface area contributed by atoms with Gasteiger partial charge >= 0.3 is 0 Å². The van der Waals surface area contributed by atoms with E-state index >= 15 is 0 Å². The molecule has 2 rings (SSSR count). The van der Waals surface area contributed by atoms with E-state index in [1.807, 2.05) is 54.6 Å². The minimum atomic E-state index is 0.760. The quantitative estimate of drug-likeness (QED) is 0.454. The van der Waals surface area contributed by atoms with Crippen molar-refractivity contribution >= 4 is 11.9 Å². The zero-order chi connectivity index (χ0) is 12.6. The molecule has 2 aromatic carbocycles. The Labute approximate surface area is 106 Å². The molecule has 0 fully saturated rings. The molecule has 0 aliphatic carbocycles. The van der Waals surface area contributed by atoms with Gasteiger partial charge < -0.3 is 4.74 Å². The van der Waals surface area contributed by atoms with Crippen LogP contribution in [-0.2, 0) is 0 Å². The summed E-state index contributed by atoms with van der Waals surface area (Å²) in [7, 11) is 1.62. The number of nitrogens with zero attached hydrogens (tertiary/aromatic N) is 3. The molecule has 18 heavy (non-hydrogen) atoms. The number of ether oxygens (including phenoxy) is 1. The van der Waals surface area contributed by atoms with Gasteiger partial charge in [0.25, 0.3) is 0 Å². The van der Waals surface area contributed by atoms with Gasteiger partial charge in [-0.1, -0.05) is 30.3 Å². The van der Waals surface area contributed by atoms with E-state index < -0.39 is 0 Å². The molecule has 4 heteroatoms. The lowest BCUT2D eigenvalue weighted by molar-refractivity contribution is 0.414. The minimum absolute atomic E-state index is 0.760. The van der Waals surface area contributed by atoms with Crippen LogP contribution in [0.3, 0.4) is 0 Å². The van der Waals surface area contributed by atoms with E-state index in [1.54, 1.807) is 13.3 Å². The highest BCUT2D eigenvalue weighted by atomic mass is 16.5. The number of hydrogen-bond donors (Lipinski definition) is 0. The van der Waals surface area contributed by atoms with Crippen molar-refractivity contribution in [1.29, 1.82) is 0 Å². The predicted molar refractivity (Wildman–Crippen MR) is 71.5 cm³/mol. The Morgan fingerprint density at radius 1 is 0.944 bits per heavy atom. The van der Waals surface area contributed by atoms with E-state index in [-0.39, 0.29) is 0 Å². The van der Waals surface area contributed by atoms with Crippen molar-refractivity contribution < 1.29 is 4.74 Å². The Bertz CT molecular complexity index is 550. The molecule has 90 valence electrons. The van der Waals surface area contributed by atoms with Gasteiger partial charge in [0.2, 0.25) is 0 Å². The van der Waals surface area contributed by atoms with Crippen LogP contribution in [0.1, 0.15) is 5.56 Å². The molecule has 0 aliphatic heterocycles. The highest BCUT2D eigenvalue weighted by Gasteiger charge is 1.96. The molecule has 0 saturated heterocycles. The summed E-state index contributed by atoms with van der Waals surface area (Å²) in [5.41, 5.74) is 1.64. The fraction of sp³-hybridized carbons (Fsp3) is 0.0714. The summed E-state index contributed by atoms with van der Waals surface area (Å²) >= 11 is 0. The first-order valence-electron chi connectivity index (χ1n) is 5.52. The first kappa shape index (κ1) is 12.0. The van der Waals surface area contributed by atoms with Gasteiger partial charge in [-0.2, -0.15) is 0 Å². The van der Waals surface area contributed by atoms with Crippen molar-refractivity contribution in [3.63, 3.8) is 0 Å². The zero-order valence-corrected chi connectivity index (χ0v) is 10.0. The van der Waals surface area contributed by atoms with Crippen LogP contribution in [0.25, 0.3) is 0 Å². The summed E-state index contributed by atoms with van der Waals surface area (Å²) in [5, 5.41) is 11.6. The van der Waals surface area contributed by atoms with Crippen molar-refractivity contribution in [3.05, 3.63) is 60.2 Å². The van der Waals surface area contributed by atoms with Crippen LogP contribution in [0, 0.1) is 0 Å². The average molecular weight is 239 g/mol. The second-order valence-corrected chi connectivity index (χ2v) is 3.51. The van der Waals surface area contributed by atoms with E-state index in [2.05, 4.69) is 15.4 Å². The van der Waals surface area contributed by atoms with E-state index in [4.69, 9.17) is 4.74 Å². The van der Waals surface area contributed by atoms with Gasteiger partial charge in [-0.05, 0) is 29.5 Å². The Hall–Kier alpha value is -2.49. The molecule has 0 radical (unpaired) electrons. The third-order valence-corrected chi connectivity index (χ3v) is 2.30. The highest BCUT2D eigenvalue weighted by Crippen LogP contribution is 2.15. The van der Waals surface area contributed by atoms with Gasteiger partial charge in [-0.15, -0.1) is 10.2 Å². The third kappa shape index (κ3) is 3.25. The van der Waals surface area contributed by atoms with Crippen LogP contribution in [0.2, 0.25) is 0 Å². The SMILES string of the molecule is COc1ccccc1/C=N/N=Nc1ccccc1. The molecule has 0 bridgehead atoms. The molecule has 0 unspecified atom stereocenters. The molecule has 0 atom stereocenters. The number of rotatable bonds is 4. The lowest BCUT2D eigenvalue weighted by Crippen LogP contribution is -1.89. The number of para-hydroxylation sites is 1. The van der Waals surface area contributed by atoms with Gasteiger partial charge in [0.05, 0.1) is 19.0 Å². The van der Waals surface area contributed by atoms with Crippen molar-refractivity contribution in [3.8, 4) is 5.75 Å². The summed E-state index contributed by atoms with van der Waals surface area (Å²) in [6.45, 7) is 0. The second kappa shape index (κ2) is 6.30. The minimum Gasteiger partial charge on any atom is -0.496 e. The van der Waals surface area contributed by atoms with Crippen LogP contribution in [-0.4, -0.2) is 13.3 Å². The largest absolute Gasteiger partial charge is 0.496 e. The second-order valence-electron chi connectivity index (χ2n) is 3.51. The summed E-state index contributed by atoms with van der Waals surface area (Å²) in [4.78, 5) is 0. The lowest BCUT2D eigenvalue weighted by Gasteiger charge is -2.01. The van der Waals surface area contributed by atoms with Crippen LogP contribution < -0.4 is 4.74 Å². The Morgan fingerprint density at radius 2 is 1.67 bits per heavy atom. The lowest BCUT2D eigenvalue weighted by atomic mass is 10.2. The third-order valence-electron chi connectivity index (χ3n) is 2.30.